The minimum absolute atomic E-state index is 0.0245. The predicted octanol–water partition coefficient (Wildman–Crippen LogP) is 5.27. The van der Waals surface area contributed by atoms with Crippen molar-refractivity contribution in [3.05, 3.63) is 74.1 Å². The van der Waals surface area contributed by atoms with Crippen molar-refractivity contribution in [3.8, 4) is 11.4 Å². The van der Waals surface area contributed by atoms with E-state index in [1.54, 1.807) is 29.2 Å². The molecule has 0 fully saturated rings. The van der Waals surface area contributed by atoms with Gasteiger partial charge in [-0.1, -0.05) is 23.4 Å². The van der Waals surface area contributed by atoms with Crippen LogP contribution in [0.15, 0.2) is 52.4 Å². The standard InChI is InChI=1S/C27H24ClFN4O4S2/c1-3-37-18-7-4-16(5-8-18)30-23(35)14-38-27-31-25-24(19-10-11-32(15(2)34)13-22(19)39-25)26(36)33(27)17-6-9-21(29)20(28)12-17/h4-9,12H,3,10-11,13-14H2,1-2H3,(H,30,35). The third-order valence-corrected chi connectivity index (χ3v) is 8.57. The molecule has 0 spiro atoms. The number of hydrogen-bond acceptors (Lipinski definition) is 7. The highest BCUT2D eigenvalue weighted by Gasteiger charge is 2.27. The molecule has 0 bridgehead atoms. The molecule has 1 N–H and O–H groups in total. The Morgan fingerprint density at radius 3 is 2.69 bits per heavy atom. The van der Waals surface area contributed by atoms with E-state index < -0.39 is 5.82 Å². The molecular formula is C27H24ClFN4O4S2. The van der Waals surface area contributed by atoms with Crippen LogP contribution in [0, 0.1) is 5.82 Å². The largest absolute Gasteiger partial charge is 0.494 e. The Morgan fingerprint density at radius 1 is 1.23 bits per heavy atom. The number of thioether (sulfide) groups is 1. The molecule has 0 aliphatic carbocycles. The lowest BCUT2D eigenvalue weighted by Gasteiger charge is -2.25. The summed E-state index contributed by atoms with van der Waals surface area (Å²) in [7, 11) is 0. The van der Waals surface area contributed by atoms with Crippen LogP contribution in [0.1, 0.15) is 24.3 Å². The van der Waals surface area contributed by atoms with E-state index in [1.807, 2.05) is 6.92 Å². The summed E-state index contributed by atoms with van der Waals surface area (Å²) in [5, 5.41) is 3.45. The maximum Gasteiger partial charge on any atom is 0.267 e. The van der Waals surface area contributed by atoms with Gasteiger partial charge in [-0.2, -0.15) is 0 Å². The molecule has 2 aromatic carbocycles. The molecule has 0 radical (unpaired) electrons. The van der Waals surface area contributed by atoms with E-state index in [0.717, 1.165) is 22.2 Å². The Kier molecular flexibility index (Phi) is 7.92. The van der Waals surface area contributed by atoms with Gasteiger partial charge in [0.05, 0.1) is 35.0 Å². The number of anilines is 1. The van der Waals surface area contributed by atoms with Gasteiger partial charge in [0, 0.05) is 24.0 Å². The third kappa shape index (κ3) is 5.66. The summed E-state index contributed by atoms with van der Waals surface area (Å²) in [6.07, 6.45) is 0.535. The number of ether oxygens (including phenoxy) is 1. The smallest absolute Gasteiger partial charge is 0.267 e. The Bertz CT molecular complexity index is 1640. The van der Waals surface area contributed by atoms with Gasteiger partial charge in [0.2, 0.25) is 11.8 Å². The number of rotatable bonds is 7. The number of carbonyl (C=O) groups excluding carboxylic acids is 2. The summed E-state index contributed by atoms with van der Waals surface area (Å²) in [5.74, 6) is -0.245. The first-order valence-electron chi connectivity index (χ1n) is 12.2. The second-order valence-corrected chi connectivity index (χ2v) is 11.2. The van der Waals surface area contributed by atoms with Crippen LogP contribution in [0.25, 0.3) is 15.9 Å². The van der Waals surface area contributed by atoms with Crippen molar-refractivity contribution in [2.45, 2.75) is 32.0 Å². The van der Waals surface area contributed by atoms with Crippen molar-refractivity contribution in [1.29, 1.82) is 0 Å². The van der Waals surface area contributed by atoms with Gasteiger partial charge in [-0.15, -0.1) is 11.3 Å². The highest BCUT2D eigenvalue weighted by molar-refractivity contribution is 7.99. The van der Waals surface area contributed by atoms with E-state index in [4.69, 9.17) is 21.3 Å². The number of halogens is 2. The Morgan fingerprint density at radius 2 is 2.00 bits per heavy atom. The number of fused-ring (bicyclic) bond motifs is 3. The van der Waals surface area contributed by atoms with Gasteiger partial charge in [0.1, 0.15) is 16.4 Å². The van der Waals surface area contributed by atoms with Crippen LogP contribution in [0.3, 0.4) is 0 Å². The van der Waals surface area contributed by atoms with Crippen LogP contribution in [0.5, 0.6) is 5.75 Å². The number of benzene rings is 2. The molecule has 0 saturated heterocycles. The SMILES string of the molecule is CCOc1ccc(NC(=O)CSc2nc3sc4c(c3c(=O)n2-c2ccc(F)c(Cl)c2)CCN(C(C)=O)C4)cc1. The summed E-state index contributed by atoms with van der Waals surface area (Å²) in [6.45, 7) is 4.89. The molecule has 0 saturated carbocycles. The van der Waals surface area contributed by atoms with E-state index in [0.29, 0.717) is 53.5 Å². The van der Waals surface area contributed by atoms with E-state index in [-0.39, 0.29) is 33.3 Å². The van der Waals surface area contributed by atoms with Crippen molar-refractivity contribution >= 4 is 62.4 Å². The molecule has 4 aromatic rings. The topological polar surface area (TPSA) is 93.5 Å². The molecule has 1 aliphatic heterocycles. The van der Waals surface area contributed by atoms with E-state index in [1.165, 1.54) is 41.0 Å². The fourth-order valence-electron chi connectivity index (χ4n) is 4.37. The van der Waals surface area contributed by atoms with Crippen LogP contribution in [0.4, 0.5) is 10.1 Å². The fraction of sp³-hybridized carbons (Fsp3) is 0.259. The lowest BCUT2D eigenvalue weighted by Crippen LogP contribution is -2.34. The van der Waals surface area contributed by atoms with Gasteiger partial charge < -0.3 is 15.0 Å². The van der Waals surface area contributed by atoms with Crippen LogP contribution >= 0.6 is 34.7 Å². The molecule has 0 unspecified atom stereocenters. The van der Waals surface area contributed by atoms with Gasteiger partial charge in [0.25, 0.3) is 5.56 Å². The lowest BCUT2D eigenvalue weighted by molar-refractivity contribution is -0.129. The third-order valence-electron chi connectivity index (χ3n) is 6.23. The van der Waals surface area contributed by atoms with E-state index in [9.17, 15) is 18.8 Å². The minimum Gasteiger partial charge on any atom is -0.494 e. The maximum absolute atomic E-state index is 13.9. The van der Waals surface area contributed by atoms with Gasteiger partial charge in [-0.3, -0.25) is 19.0 Å². The molecule has 5 rings (SSSR count). The number of amides is 2. The number of nitrogens with zero attached hydrogens (tertiary/aromatic N) is 3. The zero-order valence-corrected chi connectivity index (χ0v) is 23.5. The summed E-state index contributed by atoms with van der Waals surface area (Å²) in [5.41, 5.74) is 1.50. The van der Waals surface area contributed by atoms with E-state index >= 15 is 0 Å². The fourth-order valence-corrected chi connectivity index (χ4v) is 6.63. The Hall–Kier alpha value is -3.41. The average molecular weight is 587 g/mol. The number of nitrogens with one attached hydrogen (secondary N) is 1. The molecule has 3 heterocycles. The normalized spacial score (nSPS) is 12.9. The first-order chi connectivity index (χ1) is 18.7. The molecule has 8 nitrogen and oxygen atoms in total. The van der Waals surface area contributed by atoms with Crippen molar-refractivity contribution in [2.24, 2.45) is 0 Å². The lowest BCUT2D eigenvalue weighted by atomic mass is 10.1. The quantitative estimate of drug-likeness (QED) is 0.234. The number of thiophene rings is 1. The minimum atomic E-state index is -0.608. The summed E-state index contributed by atoms with van der Waals surface area (Å²) < 4.78 is 20.7. The molecule has 1 aliphatic rings. The maximum atomic E-state index is 13.9. The molecule has 0 atom stereocenters. The Balaban J connectivity index is 1.49. The predicted molar refractivity (Wildman–Crippen MR) is 152 cm³/mol. The van der Waals surface area contributed by atoms with Crippen molar-refractivity contribution in [3.63, 3.8) is 0 Å². The van der Waals surface area contributed by atoms with Crippen LogP contribution in [-0.4, -0.2) is 45.2 Å². The molecule has 12 heteroatoms. The second kappa shape index (κ2) is 11.4. The zero-order chi connectivity index (χ0) is 27.7. The zero-order valence-electron chi connectivity index (χ0n) is 21.1. The second-order valence-electron chi connectivity index (χ2n) is 8.80. The molecule has 39 heavy (non-hydrogen) atoms. The molecule has 2 amide bonds. The van der Waals surface area contributed by atoms with Gasteiger partial charge >= 0.3 is 0 Å². The van der Waals surface area contributed by atoms with Gasteiger partial charge in [0.15, 0.2) is 5.16 Å². The summed E-state index contributed by atoms with van der Waals surface area (Å²) in [4.78, 5) is 46.5. The Labute approximate surface area is 236 Å². The summed E-state index contributed by atoms with van der Waals surface area (Å²) in [6, 6.07) is 11.0. The van der Waals surface area contributed by atoms with Gasteiger partial charge in [-0.05, 0) is 61.4 Å². The first kappa shape index (κ1) is 27.2. The highest BCUT2D eigenvalue weighted by atomic mass is 35.5. The molecule has 2 aromatic heterocycles. The van der Waals surface area contributed by atoms with E-state index in [2.05, 4.69) is 5.32 Å². The highest BCUT2D eigenvalue weighted by Crippen LogP contribution is 2.34. The summed E-state index contributed by atoms with van der Waals surface area (Å²) >= 11 is 8.51. The van der Waals surface area contributed by atoms with Crippen molar-refractivity contribution in [1.82, 2.24) is 14.5 Å². The number of hydrogen-bond donors (Lipinski definition) is 1. The first-order valence-corrected chi connectivity index (χ1v) is 14.4. The van der Waals surface area contributed by atoms with Crippen LogP contribution < -0.4 is 15.6 Å². The van der Waals surface area contributed by atoms with Crippen molar-refractivity contribution in [2.75, 3.05) is 24.2 Å². The van der Waals surface area contributed by atoms with Crippen LogP contribution in [0.2, 0.25) is 5.02 Å². The molecule has 202 valence electrons. The number of aromatic nitrogens is 2. The van der Waals surface area contributed by atoms with Gasteiger partial charge in [-0.25, -0.2) is 9.37 Å². The molecular weight excluding hydrogens is 563 g/mol. The van der Waals surface area contributed by atoms with Crippen molar-refractivity contribution < 1.29 is 18.7 Å². The van der Waals surface area contributed by atoms with Crippen LogP contribution in [-0.2, 0) is 22.6 Å². The average Bonchev–Trinajstić information content (AvgIpc) is 3.28. The monoisotopic (exact) mass is 586 g/mol. The number of carbonyl (C=O) groups is 2.